The minimum absolute atomic E-state index is 0.105. The average Bonchev–Trinajstić information content (AvgIpc) is 2.43. The van der Waals surface area contributed by atoms with Gasteiger partial charge in [-0.05, 0) is 30.9 Å². The van der Waals surface area contributed by atoms with E-state index in [4.69, 9.17) is 19.5 Å². The summed E-state index contributed by atoms with van der Waals surface area (Å²) >= 11 is 0. The van der Waals surface area contributed by atoms with E-state index in [1.54, 1.807) is 6.92 Å². The fourth-order valence-corrected chi connectivity index (χ4v) is 1.40. The number of hydrogen-bond donors (Lipinski definition) is 2. The lowest BCUT2D eigenvalue weighted by atomic mass is 9.80. The van der Waals surface area contributed by atoms with E-state index in [1.807, 2.05) is 0 Å². The van der Waals surface area contributed by atoms with Crippen molar-refractivity contribution in [3.63, 3.8) is 0 Å². The number of carbonyl (C=O) groups excluding carboxylic acids is 2. The second kappa shape index (κ2) is 8.23. The molecule has 0 fully saturated rings. The summed E-state index contributed by atoms with van der Waals surface area (Å²) in [6.45, 7) is 5.11. The highest BCUT2D eigenvalue weighted by molar-refractivity contribution is 6.58. The van der Waals surface area contributed by atoms with Gasteiger partial charge >= 0.3 is 19.1 Å². The third-order valence-electron chi connectivity index (χ3n) is 2.52. The Balaban J connectivity index is 2.30. The van der Waals surface area contributed by atoms with Gasteiger partial charge in [0.05, 0.1) is 6.61 Å². The van der Waals surface area contributed by atoms with Crippen LogP contribution in [0.4, 0.5) is 0 Å². The molecule has 7 heteroatoms. The smallest absolute Gasteiger partial charge is 0.462 e. The fraction of sp³-hybridized carbons (Fsp3) is 0.286. The molecule has 0 aromatic heterocycles. The van der Waals surface area contributed by atoms with Crippen molar-refractivity contribution in [2.45, 2.75) is 19.8 Å². The van der Waals surface area contributed by atoms with Gasteiger partial charge in [0.15, 0.2) is 0 Å². The van der Waals surface area contributed by atoms with Gasteiger partial charge in [-0.25, -0.2) is 4.79 Å². The molecule has 1 aromatic carbocycles. The predicted octanol–water partition coefficient (Wildman–Crippen LogP) is 0.171. The summed E-state index contributed by atoms with van der Waals surface area (Å²) in [6.07, 6.45) is 0.457. The van der Waals surface area contributed by atoms with Crippen LogP contribution in [-0.2, 0) is 14.3 Å². The second-order valence-electron chi connectivity index (χ2n) is 4.44. The molecule has 2 N–H and O–H groups in total. The number of rotatable bonds is 7. The van der Waals surface area contributed by atoms with E-state index >= 15 is 0 Å². The van der Waals surface area contributed by atoms with E-state index in [-0.39, 0.29) is 13.0 Å². The average molecular weight is 292 g/mol. The molecule has 6 nitrogen and oxygen atoms in total. The van der Waals surface area contributed by atoms with Crippen LogP contribution in [-0.4, -0.2) is 35.7 Å². The van der Waals surface area contributed by atoms with Crippen LogP contribution >= 0.6 is 0 Å². The van der Waals surface area contributed by atoms with Gasteiger partial charge in [0, 0.05) is 12.0 Å². The second-order valence-corrected chi connectivity index (χ2v) is 4.44. The standard InChI is InChI=1S/C14H17BO6/c1-10(2)14(17)20-9-3-4-13(16)21-12-7-5-11(6-8-12)15(18)19/h5-8,18-19H,1,3-4,9H2,2H3. The minimum Gasteiger partial charge on any atom is -0.462 e. The van der Waals surface area contributed by atoms with Gasteiger partial charge in [-0.1, -0.05) is 18.7 Å². The number of hydrogen-bond acceptors (Lipinski definition) is 6. The number of ether oxygens (including phenoxy) is 2. The van der Waals surface area contributed by atoms with E-state index in [2.05, 4.69) is 6.58 Å². The molecule has 0 radical (unpaired) electrons. The fourth-order valence-electron chi connectivity index (χ4n) is 1.40. The van der Waals surface area contributed by atoms with Crippen LogP contribution in [0.5, 0.6) is 5.75 Å². The third-order valence-corrected chi connectivity index (χ3v) is 2.52. The number of esters is 2. The maximum atomic E-state index is 11.5. The van der Waals surface area contributed by atoms with Gasteiger partial charge in [0.2, 0.25) is 0 Å². The van der Waals surface area contributed by atoms with Crippen LogP contribution in [0.1, 0.15) is 19.8 Å². The van der Waals surface area contributed by atoms with Crippen molar-refractivity contribution in [1.82, 2.24) is 0 Å². The van der Waals surface area contributed by atoms with Gasteiger partial charge < -0.3 is 19.5 Å². The first-order chi connectivity index (χ1) is 9.90. The topological polar surface area (TPSA) is 93.1 Å². The van der Waals surface area contributed by atoms with Gasteiger partial charge in [-0.2, -0.15) is 0 Å². The van der Waals surface area contributed by atoms with Crippen LogP contribution in [0.25, 0.3) is 0 Å². The molecular formula is C14H17BO6. The molecule has 1 aromatic rings. The molecule has 0 aliphatic heterocycles. The summed E-state index contributed by atoms with van der Waals surface area (Å²) in [5, 5.41) is 17.8. The van der Waals surface area contributed by atoms with E-state index < -0.39 is 19.1 Å². The van der Waals surface area contributed by atoms with E-state index in [0.29, 0.717) is 23.2 Å². The van der Waals surface area contributed by atoms with Crippen LogP contribution in [0.3, 0.4) is 0 Å². The highest BCUT2D eigenvalue weighted by Gasteiger charge is 2.11. The van der Waals surface area contributed by atoms with Gasteiger partial charge in [0.1, 0.15) is 5.75 Å². The molecule has 0 saturated heterocycles. The Morgan fingerprint density at radius 1 is 1.24 bits per heavy atom. The van der Waals surface area contributed by atoms with Gasteiger partial charge in [-0.3, -0.25) is 4.79 Å². The normalized spacial score (nSPS) is 9.86. The van der Waals surface area contributed by atoms with Crippen LogP contribution in [0, 0.1) is 0 Å². The Bertz CT molecular complexity index is 509. The molecule has 0 atom stereocenters. The molecule has 0 aliphatic carbocycles. The van der Waals surface area contributed by atoms with Gasteiger partial charge in [0.25, 0.3) is 0 Å². The first-order valence-electron chi connectivity index (χ1n) is 6.39. The Morgan fingerprint density at radius 2 is 1.86 bits per heavy atom. The molecule has 0 spiro atoms. The van der Waals surface area contributed by atoms with E-state index in [0.717, 1.165) is 0 Å². The van der Waals surface area contributed by atoms with E-state index in [1.165, 1.54) is 24.3 Å². The molecule has 0 amide bonds. The Hall–Kier alpha value is -2.12. The van der Waals surface area contributed by atoms with Crippen molar-refractivity contribution < 1.29 is 29.1 Å². The highest BCUT2D eigenvalue weighted by Crippen LogP contribution is 2.09. The minimum atomic E-state index is -1.56. The summed E-state index contributed by atoms with van der Waals surface area (Å²) in [4.78, 5) is 22.6. The summed E-state index contributed by atoms with van der Waals surface area (Å²) in [5.41, 5.74) is 0.616. The number of benzene rings is 1. The van der Waals surface area contributed by atoms with Crippen molar-refractivity contribution in [2.75, 3.05) is 6.61 Å². The highest BCUT2D eigenvalue weighted by atomic mass is 16.5. The maximum absolute atomic E-state index is 11.5. The van der Waals surface area contributed by atoms with Crippen LogP contribution < -0.4 is 10.2 Å². The van der Waals surface area contributed by atoms with Crippen LogP contribution in [0.2, 0.25) is 0 Å². The van der Waals surface area contributed by atoms with Crippen molar-refractivity contribution in [1.29, 1.82) is 0 Å². The van der Waals surface area contributed by atoms with Crippen molar-refractivity contribution >= 4 is 24.5 Å². The van der Waals surface area contributed by atoms with E-state index in [9.17, 15) is 9.59 Å². The Labute approximate surface area is 123 Å². The summed E-state index contributed by atoms with van der Waals surface area (Å²) in [6, 6.07) is 5.82. The van der Waals surface area contributed by atoms with Crippen molar-refractivity contribution in [3.05, 3.63) is 36.4 Å². The quantitative estimate of drug-likeness (QED) is 0.245. The Kier molecular flexibility index (Phi) is 6.64. The first-order valence-corrected chi connectivity index (χ1v) is 6.39. The lowest BCUT2D eigenvalue weighted by Crippen LogP contribution is -2.29. The summed E-state index contributed by atoms with van der Waals surface area (Å²) < 4.78 is 9.89. The third kappa shape index (κ3) is 6.24. The summed E-state index contributed by atoms with van der Waals surface area (Å²) in [5.74, 6) is -0.636. The monoisotopic (exact) mass is 292 g/mol. The van der Waals surface area contributed by atoms with Crippen molar-refractivity contribution in [3.8, 4) is 5.75 Å². The molecule has 0 unspecified atom stereocenters. The largest absolute Gasteiger partial charge is 0.488 e. The molecule has 0 saturated carbocycles. The number of carbonyl (C=O) groups is 2. The van der Waals surface area contributed by atoms with Gasteiger partial charge in [-0.15, -0.1) is 0 Å². The SMILES string of the molecule is C=C(C)C(=O)OCCCC(=O)Oc1ccc(B(O)O)cc1. The zero-order valence-electron chi connectivity index (χ0n) is 11.7. The molecule has 1 rings (SSSR count). The van der Waals surface area contributed by atoms with Crippen molar-refractivity contribution in [2.24, 2.45) is 0 Å². The summed E-state index contributed by atoms with van der Waals surface area (Å²) in [7, 11) is -1.56. The maximum Gasteiger partial charge on any atom is 0.488 e. The lowest BCUT2D eigenvalue weighted by molar-refractivity contribution is -0.141. The predicted molar refractivity (Wildman–Crippen MR) is 76.9 cm³/mol. The molecule has 0 aliphatic rings. The lowest BCUT2D eigenvalue weighted by Gasteiger charge is -2.06. The molecule has 0 bridgehead atoms. The Morgan fingerprint density at radius 3 is 2.38 bits per heavy atom. The molecule has 21 heavy (non-hydrogen) atoms. The first kappa shape index (κ1) is 16.9. The molecule has 112 valence electrons. The van der Waals surface area contributed by atoms with Crippen LogP contribution in [0.15, 0.2) is 36.4 Å². The molecule has 0 heterocycles. The molecular weight excluding hydrogens is 275 g/mol. The zero-order valence-corrected chi connectivity index (χ0v) is 11.7. The zero-order chi connectivity index (χ0) is 15.8.